The van der Waals surface area contributed by atoms with Gasteiger partial charge in [-0.1, -0.05) is 65.2 Å². The fraction of sp³-hybridized carbons (Fsp3) is 0.941. The lowest BCUT2D eigenvalue weighted by atomic mass is 10.1. The molecule has 1 amide bonds. The van der Waals surface area contributed by atoms with E-state index in [1.165, 1.54) is 51.4 Å². The van der Waals surface area contributed by atoms with Crippen LogP contribution in [-0.4, -0.2) is 31.1 Å². The first-order chi connectivity index (χ1) is 9.70. The molecule has 0 rings (SSSR count). The molecule has 0 fully saturated rings. The van der Waals surface area contributed by atoms with E-state index in [9.17, 15) is 4.79 Å². The number of nitrogens with zero attached hydrogens (tertiary/aromatic N) is 1. The second kappa shape index (κ2) is 14.8. The summed E-state index contributed by atoms with van der Waals surface area (Å²) in [5, 5.41) is 2.98. The molecular weight excluding hydrogens is 248 g/mol. The van der Waals surface area contributed by atoms with E-state index in [1.54, 1.807) is 0 Å². The summed E-state index contributed by atoms with van der Waals surface area (Å²) in [4.78, 5) is 13.8. The maximum atomic E-state index is 11.6. The lowest BCUT2D eigenvalue weighted by Gasteiger charge is -2.16. The van der Waals surface area contributed by atoms with Gasteiger partial charge in [0.25, 0.3) is 0 Å². The van der Waals surface area contributed by atoms with Gasteiger partial charge in [0.15, 0.2) is 0 Å². The molecule has 0 aromatic carbocycles. The van der Waals surface area contributed by atoms with Crippen molar-refractivity contribution in [1.29, 1.82) is 0 Å². The number of carbonyl (C=O) groups is 1. The number of unbranched alkanes of at least 4 members (excludes halogenated alkanes) is 8. The van der Waals surface area contributed by atoms with E-state index in [4.69, 9.17) is 0 Å². The van der Waals surface area contributed by atoms with Crippen LogP contribution < -0.4 is 5.32 Å². The van der Waals surface area contributed by atoms with Gasteiger partial charge in [0.1, 0.15) is 0 Å². The summed E-state index contributed by atoms with van der Waals surface area (Å²) in [5.74, 6) is 0.205. The molecule has 0 radical (unpaired) electrons. The van der Waals surface area contributed by atoms with Crippen LogP contribution in [0.1, 0.15) is 84.5 Å². The van der Waals surface area contributed by atoms with Crippen molar-refractivity contribution < 1.29 is 4.79 Å². The summed E-state index contributed by atoms with van der Waals surface area (Å²) in [5.41, 5.74) is 0. The summed E-state index contributed by atoms with van der Waals surface area (Å²) in [6.07, 6.45) is 13.5. The molecule has 0 saturated heterocycles. The lowest BCUT2D eigenvalue weighted by molar-refractivity contribution is -0.121. The van der Waals surface area contributed by atoms with Crippen LogP contribution in [0.3, 0.4) is 0 Å². The van der Waals surface area contributed by atoms with Crippen molar-refractivity contribution in [3.8, 4) is 0 Å². The van der Waals surface area contributed by atoms with Crippen LogP contribution in [0.5, 0.6) is 0 Å². The van der Waals surface area contributed by atoms with Gasteiger partial charge >= 0.3 is 0 Å². The molecule has 120 valence electrons. The minimum absolute atomic E-state index is 0.205. The Bertz CT molecular complexity index is 219. The molecule has 0 aliphatic carbocycles. The van der Waals surface area contributed by atoms with Gasteiger partial charge in [0, 0.05) is 6.42 Å². The molecule has 0 aliphatic rings. The Morgan fingerprint density at radius 2 is 1.40 bits per heavy atom. The molecular formula is C17H36N2O. The summed E-state index contributed by atoms with van der Waals surface area (Å²) < 4.78 is 0. The van der Waals surface area contributed by atoms with Gasteiger partial charge in [0.2, 0.25) is 5.91 Å². The lowest BCUT2D eigenvalue weighted by Crippen LogP contribution is -2.35. The summed E-state index contributed by atoms with van der Waals surface area (Å²) in [6, 6.07) is 0. The number of carbonyl (C=O) groups excluding carboxylic acids is 1. The molecule has 0 unspecified atom stereocenters. The fourth-order valence-electron chi connectivity index (χ4n) is 2.37. The smallest absolute Gasteiger partial charge is 0.220 e. The molecule has 3 heteroatoms. The third-order valence-electron chi connectivity index (χ3n) is 3.66. The minimum atomic E-state index is 0.205. The molecule has 0 atom stereocenters. The first-order valence-electron chi connectivity index (χ1n) is 8.66. The number of hydrogen-bond acceptors (Lipinski definition) is 2. The summed E-state index contributed by atoms with van der Waals surface area (Å²) in [7, 11) is 2.04. The van der Waals surface area contributed by atoms with Crippen molar-refractivity contribution in [3.05, 3.63) is 0 Å². The standard InChI is InChI=1S/C17H36N2O/c1-4-6-7-8-9-10-11-12-13-14-17(20)18-16-19(3)15-5-2/h4-16H2,1-3H3,(H,18,20). The Morgan fingerprint density at radius 1 is 0.850 bits per heavy atom. The van der Waals surface area contributed by atoms with Crippen LogP contribution >= 0.6 is 0 Å². The highest BCUT2D eigenvalue weighted by Crippen LogP contribution is 2.10. The van der Waals surface area contributed by atoms with Crippen LogP contribution in [0.2, 0.25) is 0 Å². The average molecular weight is 284 g/mol. The second-order valence-electron chi connectivity index (χ2n) is 5.92. The first kappa shape index (κ1) is 19.4. The molecule has 0 spiro atoms. The van der Waals surface area contributed by atoms with Gasteiger partial charge in [-0.25, -0.2) is 0 Å². The Labute approximate surface area is 126 Å². The Morgan fingerprint density at radius 3 is 1.95 bits per heavy atom. The van der Waals surface area contributed by atoms with Gasteiger partial charge in [0.05, 0.1) is 6.67 Å². The maximum absolute atomic E-state index is 11.6. The van der Waals surface area contributed by atoms with Crippen LogP contribution in [0.25, 0.3) is 0 Å². The Hall–Kier alpha value is -0.570. The van der Waals surface area contributed by atoms with E-state index in [2.05, 4.69) is 24.1 Å². The first-order valence-corrected chi connectivity index (χ1v) is 8.66. The third kappa shape index (κ3) is 13.9. The maximum Gasteiger partial charge on any atom is 0.220 e. The molecule has 0 aliphatic heterocycles. The number of hydrogen-bond donors (Lipinski definition) is 1. The highest BCUT2D eigenvalue weighted by atomic mass is 16.1. The second-order valence-corrected chi connectivity index (χ2v) is 5.92. The van der Waals surface area contributed by atoms with E-state index in [0.29, 0.717) is 13.1 Å². The van der Waals surface area contributed by atoms with E-state index >= 15 is 0 Å². The SMILES string of the molecule is CCCCCCCCCCCC(=O)NCN(C)CCC. The van der Waals surface area contributed by atoms with Crippen molar-refractivity contribution in [1.82, 2.24) is 10.2 Å². The molecule has 0 saturated carbocycles. The normalized spacial score (nSPS) is 11.0. The van der Waals surface area contributed by atoms with Crippen LogP contribution in [0, 0.1) is 0 Å². The zero-order valence-corrected chi connectivity index (χ0v) is 14.0. The Balaban J connectivity index is 3.23. The minimum Gasteiger partial charge on any atom is -0.343 e. The van der Waals surface area contributed by atoms with Crippen LogP contribution in [0.15, 0.2) is 0 Å². The molecule has 0 aromatic rings. The largest absolute Gasteiger partial charge is 0.343 e. The van der Waals surface area contributed by atoms with Gasteiger partial charge in [-0.2, -0.15) is 0 Å². The fourth-order valence-corrected chi connectivity index (χ4v) is 2.37. The zero-order chi connectivity index (χ0) is 15.1. The molecule has 0 heterocycles. The summed E-state index contributed by atoms with van der Waals surface area (Å²) >= 11 is 0. The van der Waals surface area contributed by atoms with Crippen LogP contribution in [-0.2, 0) is 4.79 Å². The molecule has 1 N–H and O–H groups in total. The van der Waals surface area contributed by atoms with Crippen LogP contribution in [0.4, 0.5) is 0 Å². The topological polar surface area (TPSA) is 32.3 Å². The van der Waals surface area contributed by atoms with Gasteiger partial charge in [-0.15, -0.1) is 0 Å². The van der Waals surface area contributed by atoms with Crippen molar-refractivity contribution >= 4 is 5.91 Å². The van der Waals surface area contributed by atoms with Gasteiger partial charge < -0.3 is 5.32 Å². The zero-order valence-electron chi connectivity index (χ0n) is 14.0. The Kier molecular flexibility index (Phi) is 14.4. The van der Waals surface area contributed by atoms with E-state index in [0.717, 1.165) is 19.4 Å². The van der Waals surface area contributed by atoms with Gasteiger partial charge in [-0.05, 0) is 26.4 Å². The molecule has 0 bridgehead atoms. The van der Waals surface area contributed by atoms with Crippen molar-refractivity contribution in [2.24, 2.45) is 0 Å². The highest BCUT2D eigenvalue weighted by Gasteiger charge is 2.02. The van der Waals surface area contributed by atoms with Crippen molar-refractivity contribution in [3.63, 3.8) is 0 Å². The van der Waals surface area contributed by atoms with Gasteiger partial charge in [-0.3, -0.25) is 9.69 Å². The predicted molar refractivity (Wildman–Crippen MR) is 87.8 cm³/mol. The number of rotatable bonds is 14. The number of nitrogens with one attached hydrogen (secondary N) is 1. The van der Waals surface area contributed by atoms with E-state index in [1.807, 2.05) is 7.05 Å². The van der Waals surface area contributed by atoms with E-state index < -0.39 is 0 Å². The van der Waals surface area contributed by atoms with Crippen molar-refractivity contribution in [2.75, 3.05) is 20.3 Å². The molecule has 3 nitrogen and oxygen atoms in total. The third-order valence-corrected chi connectivity index (χ3v) is 3.66. The number of amides is 1. The quantitative estimate of drug-likeness (QED) is 0.380. The molecule has 0 aromatic heterocycles. The monoisotopic (exact) mass is 284 g/mol. The predicted octanol–water partition coefficient (Wildman–Crippen LogP) is 4.32. The average Bonchev–Trinajstić information content (AvgIpc) is 2.43. The molecule has 20 heavy (non-hydrogen) atoms. The van der Waals surface area contributed by atoms with E-state index in [-0.39, 0.29) is 5.91 Å². The summed E-state index contributed by atoms with van der Waals surface area (Å²) in [6.45, 7) is 6.13. The highest BCUT2D eigenvalue weighted by molar-refractivity contribution is 5.75. The van der Waals surface area contributed by atoms with Crippen molar-refractivity contribution in [2.45, 2.75) is 84.5 Å².